The summed E-state index contributed by atoms with van der Waals surface area (Å²) in [5.74, 6) is -0.535. The molecule has 0 saturated carbocycles. The minimum absolute atomic E-state index is 0.0921. The third-order valence-corrected chi connectivity index (χ3v) is 5.62. The standard InChI is InChI=1S/C22H22ClN5O3/c1-2-28-17-12-27(13-18(29)25-11-14-4-3-9-24-10-14)21(30)19(17)20(26-22(28)31)15-5-7-16(23)8-6-15/h3-10,20H,2,11-13H2,1H3,(H,25,29)(H,26,31)/t20-/m1/s1. The molecule has 2 N–H and O–H groups in total. The third kappa shape index (κ3) is 4.25. The molecule has 0 spiro atoms. The van der Waals surface area contributed by atoms with Gasteiger partial charge in [0.2, 0.25) is 5.91 Å². The number of likely N-dealkylation sites (N-methyl/N-ethyl adjacent to an activating group) is 1. The number of benzene rings is 1. The molecule has 2 aromatic rings. The molecule has 0 fully saturated rings. The number of carbonyl (C=O) groups is 3. The van der Waals surface area contributed by atoms with E-state index in [4.69, 9.17) is 11.6 Å². The third-order valence-electron chi connectivity index (χ3n) is 5.36. The molecule has 1 aromatic heterocycles. The Morgan fingerprint density at radius 3 is 2.71 bits per heavy atom. The molecule has 0 unspecified atom stereocenters. The van der Waals surface area contributed by atoms with Gasteiger partial charge in [-0.15, -0.1) is 0 Å². The fraction of sp³-hybridized carbons (Fsp3) is 0.273. The fourth-order valence-corrected chi connectivity index (χ4v) is 3.97. The Hall–Kier alpha value is -3.39. The maximum Gasteiger partial charge on any atom is 0.322 e. The first-order chi connectivity index (χ1) is 15.0. The number of amides is 4. The molecule has 1 aromatic carbocycles. The summed E-state index contributed by atoms with van der Waals surface area (Å²) in [5, 5.41) is 6.28. The van der Waals surface area contributed by atoms with Crippen molar-refractivity contribution in [2.24, 2.45) is 0 Å². The molecule has 8 nitrogen and oxygen atoms in total. The number of rotatable bonds is 6. The van der Waals surface area contributed by atoms with Crippen LogP contribution in [0, 0.1) is 0 Å². The number of halogens is 1. The lowest BCUT2D eigenvalue weighted by atomic mass is 9.95. The van der Waals surface area contributed by atoms with Gasteiger partial charge in [-0.3, -0.25) is 19.5 Å². The van der Waals surface area contributed by atoms with Gasteiger partial charge < -0.3 is 15.5 Å². The summed E-state index contributed by atoms with van der Waals surface area (Å²) in [6.45, 7) is 2.72. The second kappa shape index (κ2) is 8.77. The molecule has 9 heteroatoms. The predicted molar refractivity (Wildman–Crippen MR) is 115 cm³/mol. The van der Waals surface area contributed by atoms with E-state index in [1.54, 1.807) is 47.6 Å². The first-order valence-electron chi connectivity index (χ1n) is 9.99. The Kier molecular flexibility index (Phi) is 5.90. The molecule has 160 valence electrons. The molecule has 2 aliphatic heterocycles. The average molecular weight is 440 g/mol. The highest BCUT2D eigenvalue weighted by atomic mass is 35.5. The van der Waals surface area contributed by atoms with Crippen molar-refractivity contribution in [3.63, 3.8) is 0 Å². The second-order valence-electron chi connectivity index (χ2n) is 7.34. The van der Waals surface area contributed by atoms with Crippen LogP contribution < -0.4 is 10.6 Å². The molecule has 31 heavy (non-hydrogen) atoms. The highest BCUT2D eigenvalue weighted by Crippen LogP contribution is 2.36. The van der Waals surface area contributed by atoms with Crippen LogP contribution in [0.1, 0.15) is 24.1 Å². The minimum atomic E-state index is -0.585. The van der Waals surface area contributed by atoms with E-state index in [0.717, 1.165) is 11.1 Å². The summed E-state index contributed by atoms with van der Waals surface area (Å²) in [7, 11) is 0. The minimum Gasteiger partial charge on any atom is -0.350 e. The molecule has 4 rings (SSSR count). The Morgan fingerprint density at radius 2 is 2.03 bits per heavy atom. The molecule has 2 aliphatic rings. The van der Waals surface area contributed by atoms with Crippen LogP contribution in [0.3, 0.4) is 0 Å². The first-order valence-corrected chi connectivity index (χ1v) is 10.4. The van der Waals surface area contributed by atoms with Crippen molar-refractivity contribution in [2.75, 3.05) is 19.6 Å². The van der Waals surface area contributed by atoms with E-state index >= 15 is 0 Å². The van der Waals surface area contributed by atoms with Crippen molar-refractivity contribution in [3.05, 3.63) is 76.2 Å². The summed E-state index contributed by atoms with van der Waals surface area (Å²) in [6, 6.07) is 9.82. The van der Waals surface area contributed by atoms with Gasteiger partial charge in [0.15, 0.2) is 0 Å². The van der Waals surface area contributed by atoms with E-state index in [1.165, 1.54) is 4.90 Å². The molecule has 0 bridgehead atoms. The number of carbonyl (C=O) groups excluding carboxylic acids is 3. The van der Waals surface area contributed by atoms with Gasteiger partial charge in [-0.2, -0.15) is 0 Å². The zero-order valence-electron chi connectivity index (χ0n) is 17.0. The monoisotopic (exact) mass is 439 g/mol. The zero-order valence-corrected chi connectivity index (χ0v) is 17.7. The lowest BCUT2D eigenvalue weighted by molar-refractivity contribution is -0.132. The van der Waals surface area contributed by atoms with Gasteiger partial charge in [0.1, 0.15) is 6.54 Å². The maximum atomic E-state index is 13.2. The van der Waals surface area contributed by atoms with Crippen LogP contribution in [0.25, 0.3) is 0 Å². The summed E-state index contributed by atoms with van der Waals surface area (Å²) in [4.78, 5) is 45.4. The number of nitrogens with zero attached hydrogens (tertiary/aromatic N) is 3. The summed E-state index contributed by atoms with van der Waals surface area (Å²) >= 11 is 5.99. The normalized spacial score (nSPS) is 18.2. The summed E-state index contributed by atoms with van der Waals surface area (Å²) in [5.41, 5.74) is 2.76. The number of pyridine rings is 1. The van der Waals surface area contributed by atoms with Gasteiger partial charge >= 0.3 is 6.03 Å². The van der Waals surface area contributed by atoms with Gasteiger partial charge in [0.25, 0.3) is 5.91 Å². The molecule has 0 saturated heterocycles. The van der Waals surface area contributed by atoms with Crippen LogP contribution in [0.2, 0.25) is 5.02 Å². The number of urea groups is 1. The van der Waals surface area contributed by atoms with E-state index in [1.807, 2.05) is 13.0 Å². The molecule has 0 aliphatic carbocycles. The highest BCUT2D eigenvalue weighted by Gasteiger charge is 2.43. The van der Waals surface area contributed by atoms with Crippen LogP contribution in [0.5, 0.6) is 0 Å². The van der Waals surface area contributed by atoms with E-state index in [9.17, 15) is 14.4 Å². The maximum absolute atomic E-state index is 13.2. The van der Waals surface area contributed by atoms with E-state index in [0.29, 0.717) is 29.4 Å². The molecular weight excluding hydrogens is 418 g/mol. The number of hydrogen-bond acceptors (Lipinski definition) is 4. The fourth-order valence-electron chi connectivity index (χ4n) is 3.85. The second-order valence-corrected chi connectivity index (χ2v) is 7.77. The van der Waals surface area contributed by atoms with Crippen molar-refractivity contribution in [2.45, 2.75) is 19.5 Å². The van der Waals surface area contributed by atoms with Gasteiger partial charge in [0.05, 0.1) is 23.9 Å². The van der Waals surface area contributed by atoms with Crippen LogP contribution in [0.15, 0.2) is 60.1 Å². The van der Waals surface area contributed by atoms with E-state index in [2.05, 4.69) is 15.6 Å². The number of hydrogen-bond donors (Lipinski definition) is 2. The van der Waals surface area contributed by atoms with Crippen molar-refractivity contribution < 1.29 is 14.4 Å². The molecule has 0 radical (unpaired) electrons. The molecule has 3 heterocycles. The summed E-state index contributed by atoms with van der Waals surface area (Å²) < 4.78 is 0. The SMILES string of the molecule is CCN1C(=O)N[C@H](c2ccc(Cl)cc2)C2=C1CN(CC(=O)NCc1cccnc1)C2=O. The number of nitrogens with one attached hydrogen (secondary N) is 2. The van der Waals surface area contributed by atoms with Crippen LogP contribution >= 0.6 is 11.6 Å². The highest BCUT2D eigenvalue weighted by molar-refractivity contribution is 6.30. The Labute approximate surface area is 184 Å². The lowest BCUT2D eigenvalue weighted by Gasteiger charge is -2.32. The van der Waals surface area contributed by atoms with Gasteiger partial charge in [0, 0.05) is 30.5 Å². The summed E-state index contributed by atoms with van der Waals surface area (Å²) in [6.07, 6.45) is 3.34. The van der Waals surface area contributed by atoms with Crippen LogP contribution in [-0.2, 0) is 16.1 Å². The zero-order chi connectivity index (χ0) is 22.0. The topological polar surface area (TPSA) is 94.6 Å². The van der Waals surface area contributed by atoms with Crippen molar-refractivity contribution >= 4 is 29.4 Å². The van der Waals surface area contributed by atoms with Gasteiger partial charge in [-0.1, -0.05) is 29.8 Å². The molecule has 1 atom stereocenters. The Balaban J connectivity index is 1.51. The van der Waals surface area contributed by atoms with Crippen LogP contribution in [-0.4, -0.2) is 52.3 Å². The smallest absolute Gasteiger partial charge is 0.322 e. The van der Waals surface area contributed by atoms with E-state index < -0.39 is 6.04 Å². The first kappa shape index (κ1) is 20.9. The lowest BCUT2D eigenvalue weighted by Crippen LogP contribution is -2.47. The van der Waals surface area contributed by atoms with Crippen molar-refractivity contribution in [1.29, 1.82) is 0 Å². The Bertz CT molecular complexity index is 1040. The Morgan fingerprint density at radius 1 is 1.26 bits per heavy atom. The molecule has 4 amide bonds. The van der Waals surface area contributed by atoms with Crippen LogP contribution in [0.4, 0.5) is 4.79 Å². The predicted octanol–water partition coefficient (Wildman–Crippen LogP) is 2.23. The van der Waals surface area contributed by atoms with Crippen molar-refractivity contribution in [3.8, 4) is 0 Å². The van der Waals surface area contributed by atoms with Gasteiger partial charge in [-0.25, -0.2) is 4.79 Å². The van der Waals surface area contributed by atoms with Gasteiger partial charge in [-0.05, 0) is 36.2 Å². The van der Waals surface area contributed by atoms with E-state index in [-0.39, 0.29) is 30.9 Å². The molecular formula is C22H22ClN5O3. The quantitative estimate of drug-likeness (QED) is 0.721. The van der Waals surface area contributed by atoms with Crippen molar-refractivity contribution in [1.82, 2.24) is 25.4 Å². The largest absolute Gasteiger partial charge is 0.350 e. The average Bonchev–Trinajstić information content (AvgIpc) is 3.09. The number of aromatic nitrogens is 1.